The number of nitrogens with zero attached hydrogens (tertiary/aromatic N) is 2. The van der Waals surface area contributed by atoms with Crippen molar-refractivity contribution in [2.24, 2.45) is 5.73 Å². The molecule has 1 heterocycles. The molecule has 0 fully saturated rings. The van der Waals surface area contributed by atoms with Gasteiger partial charge in [-0.05, 0) is 55.5 Å². The lowest BCUT2D eigenvalue weighted by atomic mass is 9.87. The Morgan fingerprint density at radius 3 is 3.11 bits per heavy atom. The van der Waals surface area contributed by atoms with Crippen LogP contribution in [0.3, 0.4) is 0 Å². The molecule has 0 amide bonds. The van der Waals surface area contributed by atoms with Gasteiger partial charge in [0.2, 0.25) is 0 Å². The summed E-state index contributed by atoms with van der Waals surface area (Å²) < 4.78 is 15.1. The third-order valence-electron chi connectivity index (χ3n) is 3.64. The van der Waals surface area contributed by atoms with E-state index in [-0.39, 0.29) is 5.82 Å². The van der Waals surface area contributed by atoms with E-state index in [0.29, 0.717) is 12.5 Å². The van der Waals surface area contributed by atoms with E-state index in [1.165, 1.54) is 23.4 Å². The smallest absolute Gasteiger partial charge is 0.125 e. The van der Waals surface area contributed by atoms with Crippen LogP contribution in [0.4, 0.5) is 4.39 Å². The third kappa shape index (κ3) is 1.82. The maximum absolute atomic E-state index is 13.3. The van der Waals surface area contributed by atoms with E-state index in [2.05, 4.69) is 5.10 Å². The number of halogens is 1. The second kappa shape index (κ2) is 4.53. The Labute approximate surface area is 105 Å². The van der Waals surface area contributed by atoms with Gasteiger partial charge in [-0.25, -0.2) is 9.07 Å². The molecule has 0 spiro atoms. The topological polar surface area (TPSA) is 43.8 Å². The molecule has 18 heavy (non-hydrogen) atoms. The molecular weight excluding hydrogens is 229 g/mol. The standard InChI is InChI=1S/C14H16FN3/c15-11-4-2-5-12(7-11)18-14-6-1-3-10(8-16)13(14)9-17-18/h2,4-5,7,9-10H,1,3,6,8,16H2. The van der Waals surface area contributed by atoms with Crippen LogP contribution in [-0.2, 0) is 6.42 Å². The lowest BCUT2D eigenvalue weighted by Gasteiger charge is -2.21. The maximum atomic E-state index is 13.3. The van der Waals surface area contributed by atoms with Gasteiger partial charge < -0.3 is 5.73 Å². The van der Waals surface area contributed by atoms with Crippen LogP contribution in [0.25, 0.3) is 5.69 Å². The maximum Gasteiger partial charge on any atom is 0.125 e. The Morgan fingerprint density at radius 2 is 2.33 bits per heavy atom. The Balaban J connectivity index is 2.07. The molecule has 94 valence electrons. The molecule has 0 saturated carbocycles. The number of hydrogen-bond acceptors (Lipinski definition) is 2. The minimum Gasteiger partial charge on any atom is -0.330 e. The summed E-state index contributed by atoms with van der Waals surface area (Å²) in [6.45, 7) is 0.655. The van der Waals surface area contributed by atoms with Gasteiger partial charge in [0.1, 0.15) is 5.82 Å². The first-order valence-electron chi connectivity index (χ1n) is 6.32. The van der Waals surface area contributed by atoms with Crippen molar-refractivity contribution in [1.29, 1.82) is 0 Å². The van der Waals surface area contributed by atoms with Crippen molar-refractivity contribution in [1.82, 2.24) is 9.78 Å². The minimum absolute atomic E-state index is 0.233. The molecule has 1 aliphatic carbocycles. The fourth-order valence-corrected chi connectivity index (χ4v) is 2.72. The van der Waals surface area contributed by atoms with Crippen molar-refractivity contribution in [3.05, 3.63) is 47.5 Å². The van der Waals surface area contributed by atoms with Crippen molar-refractivity contribution in [2.75, 3.05) is 6.54 Å². The lowest BCUT2D eigenvalue weighted by molar-refractivity contribution is 0.549. The van der Waals surface area contributed by atoms with E-state index >= 15 is 0 Å². The summed E-state index contributed by atoms with van der Waals surface area (Å²) in [6.07, 6.45) is 5.12. The highest BCUT2D eigenvalue weighted by Gasteiger charge is 2.23. The molecule has 1 atom stereocenters. The van der Waals surface area contributed by atoms with Crippen molar-refractivity contribution in [3.63, 3.8) is 0 Å². The molecule has 4 heteroatoms. The fourth-order valence-electron chi connectivity index (χ4n) is 2.72. The van der Waals surface area contributed by atoms with Crippen molar-refractivity contribution < 1.29 is 4.39 Å². The zero-order valence-electron chi connectivity index (χ0n) is 10.1. The quantitative estimate of drug-likeness (QED) is 0.882. The van der Waals surface area contributed by atoms with Gasteiger partial charge in [-0.3, -0.25) is 0 Å². The highest BCUT2D eigenvalue weighted by atomic mass is 19.1. The van der Waals surface area contributed by atoms with E-state index in [1.54, 1.807) is 6.07 Å². The summed E-state index contributed by atoms with van der Waals surface area (Å²) in [5, 5.41) is 4.40. The molecule has 3 rings (SSSR count). The number of nitrogens with two attached hydrogens (primary N) is 1. The average molecular weight is 245 g/mol. The summed E-state index contributed by atoms with van der Waals surface area (Å²) in [5.41, 5.74) is 8.99. The van der Waals surface area contributed by atoms with Gasteiger partial charge in [0.05, 0.1) is 11.9 Å². The Morgan fingerprint density at radius 1 is 1.44 bits per heavy atom. The molecule has 1 aliphatic rings. The molecule has 1 unspecified atom stereocenters. The summed E-state index contributed by atoms with van der Waals surface area (Å²) in [4.78, 5) is 0. The first-order valence-corrected chi connectivity index (χ1v) is 6.32. The average Bonchev–Trinajstić information content (AvgIpc) is 2.82. The van der Waals surface area contributed by atoms with Crippen LogP contribution in [0, 0.1) is 5.82 Å². The number of fused-ring (bicyclic) bond motifs is 1. The van der Waals surface area contributed by atoms with E-state index in [9.17, 15) is 4.39 Å². The van der Waals surface area contributed by atoms with Crippen molar-refractivity contribution in [2.45, 2.75) is 25.2 Å². The molecule has 1 aromatic carbocycles. The predicted molar refractivity (Wildman–Crippen MR) is 68.3 cm³/mol. The van der Waals surface area contributed by atoms with Crippen LogP contribution in [-0.4, -0.2) is 16.3 Å². The van der Waals surface area contributed by atoms with Gasteiger partial charge in [-0.1, -0.05) is 6.07 Å². The highest BCUT2D eigenvalue weighted by Crippen LogP contribution is 2.31. The third-order valence-corrected chi connectivity index (χ3v) is 3.64. The number of hydrogen-bond donors (Lipinski definition) is 1. The van der Waals surface area contributed by atoms with Crippen LogP contribution in [0.2, 0.25) is 0 Å². The van der Waals surface area contributed by atoms with Gasteiger partial charge >= 0.3 is 0 Å². The zero-order valence-corrected chi connectivity index (χ0v) is 10.1. The lowest BCUT2D eigenvalue weighted by Crippen LogP contribution is -2.18. The normalized spacial score (nSPS) is 18.7. The highest BCUT2D eigenvalue weighted by molar-refractivity contribution is 5.37. The molecule has 0 saturated heterocycles. The van der Waals surface area contributed by atoms with Gasteiger partial charge in [0.25, 0.3) is 0 Å². The minimum atomic E-state index is -0.233. The Bertz CT molecular complexity index is 562. The molecule has 3 nitrogen and oxygen atoms in total. The Hall–Kier alpha value is -1.68. The van der Waals surface area contributed by atoms with Crippen molar-refractivity contribution in [3.8, 4) is 5.69 Å². The van der Waals surface area contributed by atoms with Gasteiger partial charge in [-0.2, -0.15) is 5.10 Å². The van der Waals surface area contributed by atoms with Gasteiger partial charge in [0, 0.05) is 5.69 Å². The van der Waals surface area contributed by atoms with E-state index in [1.807, 2.05) is 16.9 Å². The van der Waals surface area contributed by atoms with Crippen LogP contribution >= 0.6 is 0 Å². The van der Waals surface area contributed by atoms with Crippen molar-refractivity contribution >= 4 is 0 Å². The summed E-state index contributed by atoms with van der Waals surface area (Å²) in [6, 6.07) is 6.55. The summed E-state index contributed by atoms with van der Waals surface area (Å²) in [5.74, 6) is 0.166. The fraction of sp³-hybridized carbons (Fsp3) is 0.357. The predicted octanol–water partition coefficient (Wildman–Crippen LogP) is 2.39. The van der Waals surface area contributed by atoms with E-state index in [4.69, 9.17) is 5.73 Å². The number of benzene rings is 1. The zero-order chi connectivity index (χ0) is 12.5. The van der Waals surface area contributed by atoms with Crippen LogP contribution in [0.1, 0.15) is 30.0 Å². The van der Waals surface area contributed by atoms with Gasteiger partial charge in [0.15, 0.2) is 0 Å². The van der Waals surface area contributed by atoms with E-state index < -0.39 is 0 Å². The molecule has 0 aliphatic heterocycles. The molecular formula is C14H16FN3. The molecule has 2 N–H and O–H groups in total. The largest absolute Gasteiger partial charge is 0.330 e. The Kier molecular flexibility index (Phi) is 2.88. The second-order valence-electron chi connectivity index (χ2n) is 4.76. The van der Waals surface area contributed by atoms with Crippen LogP contribution in [0.5, 0.6) is 0 Å². The molecule has 2 aromatic rings. The van der Waals surface area contributed by atoms with E-state index in [0.717, 1.165) is 24.9 Å². The summed E-state index contributed by atoms with van der Waals surface area (Å²) >= 11 is 0. The number of rotatable bonds is 2. The monoisotopic (exact) mass is 245 g/mol. The van der Waals surface area contributed by atoms with Crippen LogP contribution < -0.4 is 5.73 Å². The molecule has 0 radical (unpaired) electrons. The number of aromatic nitrogens is 2. The SMILES string of the molecule is NCC1CCCc2c1cnn2-c1cccc(F)c1. The molecule has 1 aromatic heterocycles. The first kappa shape index (κ1) is 11.4. The van der Waals surface area contributed by atoms with Crippen LogP contribution in [0.15, 0.2) is 30.5 Å². The molecule has 0 bridgehead atoms. The van der Waals surface area contributed by atoms with Gasteiger partial charge in [-0.15, -0.1) is 0 Å². The second-order valence-corrected chi connectivity index (χ2v) is 4.76. The first-order chi connectivity index (χ1) is 8.79. The summed E-state index contributed by atoms with van der Waals surface area (Å²) in [7, 11) is 0.